The summed E-state index contributed by atoms with van der Waals surface area (Å²) >= 11 is 1.45. The number of carbonyl (C=O) groups is 1. The average Bonchev–Trinajstić information content (AvgIpc) is 3.13. The van der Waals surface area contributed by atoms with Crippen LogP contribution in [0.5, 0.6) is 0 Å². The van der Waals surface area contributed by atoms with Crippen molar-refractivity contribution in [1.29, 1.82) is 0 Å². The zero-order valence-electron chi connectivity index (χ0n) is 16.6. The number of benzene rings is 2. The molecule has 0 bridgehead atoms. The first-order chi connectivity index (χ1) is 14.1. The van der Waals surface area contributed by atoms with Gasteiger partial charge in [0, 0.05) is 18.8 Å². The molecule has 1 aromatic heterocycles. The van der Waals surface area contributed by atoms with Gasteiger partial charge in [0.25, 0.3) is 0 Å². The largest absolute Gasteiger partial charge is 0.378 e. The summed E-state index contributed by atoms with van der Waals surface area (Å²) in [6.07, 6.45) is 0. The second-order valence-electron chi connectivity index (χ2n) is 7.05. The quantitative estimate of drug-likeness (QED) is 0.604. The predicted molar refractivity (Wildman–Crippen MR) is 113 cm³/mol. The average molecular weight is 409 g/mol. The van der Waals surface area contributed by atoms with Crippen LogP contribution in [-0.2, 0) is 9.53 Å². The Morgan fingerprint density at radius 2 is 1.69 bits per heavy atom. The van der Waals surface area contributed by atoms with Gasteiger partial charge in [-0.15, -0.1) is 10.2 Å². The van der Waals surface area contributed by atoms with Crippen LogP contribution in [0.4, 0.5) is 0 Å². The maximum Gasteiger partial charge on any atom is 0.240 e. The molecular formula is C22H24N4O2S. The molecule has 0 radical (unpaired) electrons. The van der Waals surface area contributed by atoms with Crippen molar-refractivity contribution >= 4 is 17.7 Å². The number of aromatic nitrogens is 3. The molecule has 1 aliphatic rings. The third-order valence-electron chi connectivity index (χ3n) is 4.96. The standard InChI is InChI=1S/C22H24N4O2S/c1-16-8-10-19(11-9-16)26-17(2)23-24-22(26)29-20(18-6-4-3-5-7-18)21(27)25-12-14-28-15-13-25/h3-11,20H,12-15H2,1-2H3/t20-/m0/s1. The molecule has 29 heavy (non-hydrogen) atoms. The van der Waals surface area contributed by atoms with Gasteiger partial charge in [-0.25, -0.2) is 0 Å². The zero-order valence-corrected chi connectivity index (χ0v) is 17.4. The maximum absolute atomic E-state index is 13.4. The van der Waals surface area contributed by atoms with Gasteiger partial charge in [-0.3, -0.25) is 9.36 Å². The Morgan fingerprint density at radius 3 is 2.38 bits per heavy atom. The van der Waals surface area contributed by atoms with E-state index < -0.39 is 0 Å². The molecule has 0 saturated carbocycles. The van der Waals surface area contributed by atoms with Crippen LogP contribution < -0.4 is 0 Å². The number of aryl methyl sites for hydroxylation is 2. The molecule has 1 fully saturated rings. The number of amides is 1. The summed E-state index contributed by atoms with van der Waals surface area (Å²) in [6.45, 7) is 6.38. The third kappa shape index (κ3) is 4.36. The molecule has 1 amide bonds. The highest BCUT2D eigenvalue weighted by Crippen LogP contribution is 2.37. The smallest absolute Gasteiger partial charge is 0.240 e. The van der Waals surface area contributed by atoms with E-state index in [1.807, 2.05) is 46.7 Å². The molecule has 2 heterocycles. The van der Waals surface area contributed by atoms with E-state index in [1.165, 1.54) is 17.3 Å². The lowest BCUT2D eigenvalue weighted by molar-refractivity contribution is -0.134. The Bertz CT molecular complexity index is 966. The Labute approximate surface area is 174 Å². The number of morpholine rings is 1. The minimum atomic E-state index is -0.387. The number of thioether (sulfide) groups is 1. The van der Waals surface area contributed by atoms with Crippen molar-refractivity contribution in [2.45, 2.75) is 24.3 Å². The van der Waals surface area contributed by atoms with E-state index in [2.05, 4.69) is 41.4 Å². The molecule has 0 unspecified atom stereocenters. The maximum atomic E-state index is 13.4. The van der Waals surface area contributed by atoms with E-state index in [0.29, 0.717) is 31.5 Å². The lowest BCUT2D eigenvalue weighted by Crippen LogP contribution is -2.42. The lowest BCUT2D eigenvalue weighted by atomic mass is 10.1. The molecule has 1 aliphatic heterocycles. The molecule has 4 rings (SSSR count). The van der Waals surface area contributed by atoms with Gasteiger partial charge in [-0.1, -0.05) is 59.8 Å². The van der Waals surface area contributed by atoms with Crippen molar-refractivity contribution in [3.63, 3.8) is 0 Å². The number of hydrogen-bond donors (Lipinski definition) is 0. The summed E-state index contributed by atoms with van der Waals surface area (Å²) in [6, 6.07) is 18.1. The number of hydrogen-bond acceptors (Lipinski definition) is 5. The fourth-order valence-corrected chi connectivity index (χ4v) is 4.54. The normalized spacial score (nSPS) is 15.3. The monoisotopic (exact) mass is 408 g/mol. The fraction of sp³-hybridized carbons (Fsp3) is 0.318. The van der Waals surface area contributed by atoms with Crippen LogP contribution in [0.15, 0.2) is 59.8 Å². The highest BCUT2D eigenvalue weighted by molar-refractivity contribution is 8.00. The van der Waals surface area contributed by atoms with Crippen molar-refractivity contribution in [2.24, 2.45) is 0 Å². The van der Waals surface area contributed by atoms with E-state index in [4.69, 9.17) is 4.74 Å². The van der Waals surface area contributed by atoms with Crippen molar-refractivity contribution < 1.29 is 9.53 Å². The first-order valence-corrected chi connectivity index (χ1v) is 10.6. The van der Waals surface area contributed by atoms with E-state index in [9.17, 15) is 4.79 Å². The fourth-order valence-electron chi connectivity index (χ4n) is 3.35. The van der Waals surface area contributed by atoms with Crippen molar-refractivity contribution in [3.8, 4) is 5.69 Å². The van der Waals surface area contributed by atoms with Gasteiger partial charge >= 0.3 is 0 Å². The van der Waals surface area contributed by atoms with Gasteiger partial charge < -0.3 is 9.64 Å². The van der Waals surface area contributed by atoms with Gasteiger partial charge in [0.15, 0.2) is 5.16 Å². The van der Waals surface area contributed by atoms with Crippen LogP contribution in [0.1, 0.15) is 22.2 Å². The summed E-state index contributed by atoms with van der Waals surface area (Å²) < 4.78 is 7.42. The number of rotatable bonds is 5. The minimum absolute atomic E-state index is 0.0839. The second kappa shape index (κ2) is 8.80. The lowest BCUT2D eigenvalue weighted by Gasteiger charge is -2.30. The topological polar surface area (TPSA) is 60.2 Å². The van der Waals surface area contributed by atoms with Crippen LogP contribution in [0.25, 0.3) is 5.69 Å². The van der Waals surface area contributed by atoms with Gasteiger partial charge in [-0.2, -0.15) is 0 Å². The SMILES string of the molecule is Cc1ccc(-n2c(C)nnc2S[C@H](C(=O)N2CCOCC2)c2ccccc2)cc1. The summed E-state index contributed by atoms with van der Waals surface area (Å²) in [5, 5.41) is 8.99. The Kier molecular flexibility index (Phi) is 5.97. The van der Waals surface area contributed by atoms with Gasteiger partial charge in [0.1, 0.15) is 11.1 Å². The van der Waals surface area contributed by atoms with E-state index >= 15 is 0 Å². The minimum Gasteiger partial charge on any atom is -0.378 e. The molecule has 6 nitrogen and oxygen atoms in total. The van der Waals surface area contributed by atoms with Crippen LogP contribution in [0.3, 0.4) is 0 Å². The highest BCUT2D eigenvalue weighted by atomic mass is 32.2. The molecule has 7 heteroatoms. The second-order valence-corrected chi connectivity index (χ2v) is 8.12. The van der Waals surface area contributed by atoms with Crippen LogP contribution in [0, 0.1) is 13.8 Å². The predicted octanol–water partition coefficient (Wildman–Crippen LogP) is 3.58. The van der Waals surface area contributed by atoms with E-state index in [-0.39, 0.29) is 11.2 Å². The molecule has 1 saturated heterocycles. The molecule has 150 valence electrons. The summed E-state index contributed by atoms with van der Waals surface area (Å²) in [5.74, 6) is 0.877. The van der Waals surface area contributed by atoms with Crippen molar-refractivity contribution in [3.05, 3.63) is 71.5 Å². The number of carbonyl (C=O) groups excluding carboxylic acids is 1. The Hall–Kier alpha value is -2.64. The first-order valence-electron chi connectivity index (χ1n) is 9.70. The van der Waals surface area contributed by atoms with E-state index in [0.717, 1.165) is 17.1 Å². The molecule has 3 aromatic rings. The van der Waals surface area contributed by atoms with Gasteiger partial charge in [0.05, 0.1) is 13.2 Å². The first kappa shape index (κ1) is 19.7. The summed E-state index contributed by atoms with van der Waals surface area (Å²) in [5.41, 5.74) is 3.15. The van der Waals surface area contributed by atoms with Crippen LogP contribution in [-0.4, -0.2) is 51.9 Å². The van der Waals surface area contributed by atoms with Crippen LogP contribution in [0.2, 0.25) is 0 Å². The molecule has 0 aliphatic carbocycles. The molecule has 0 spiro atoms. The Balaban J connectivity index is 1.68. The highest BCUT2D eigenvalue weighted by Gasteiger charge is 2.30. The van der Waals surface area contributed by atoms with Gasteiger partial charge in [-0.05, 0) is 31.5 Å². The van der Waals surface area contributed by atoms with Crippen LogP contribution >= 0.6 is 11.8 Å². The summed E-state index contributed by atoms with van der Waals surface area (Å²) in [7, 11) is 0. The van der Waals surface area contributed by atoms with Gasteiger partial charge in [0.2, 0.25) is 5.91 Å². The number of ether oxygens (including phenoxy) is 1. The Morgan fingerprint density at radius 1 is 1.00 bits per heavy atom. The van der Waals surface area contributed by atoms with Crippen molar-refractivity contribution in [2.75, 3.05) is 26.3 Å². The van der Waals surface area contributed by atoms with E-state index in [1.54, 1.807) is 0 Å². The number of nitrogens with zero attached hydrogens (tertiary/aromatic N) is 4. The van der Waals surface area contributed by atoms with Crippen molar-refractivity contribution in [1.82, 2.24) is 19.7 Å². The molecule has 2 aromatic carbocycles. The molecular weight excluding hydrogens is 384 g/mol. The third-order valence-corrected chi connectivity index (χ3v) is 6.14. The zero-order chi connectivity index (χ0) is 20.2. The molecule has 1 atom stereocenters. The molecule has 0 N–H and O–H groups in total. The summed E-state index contributed by atoms with van der Waals surface area (Å²) in [4.78, 5) is 15.3.